The monoisotopic (exact) mass is 378 g/mol. The van der Waals surface area contributed by atoms with Crippen molar-refractivity contribution >= 4 is 16.9 Å². The van der Waals surface area contributed by atoms with E-state index >= 15 is 0 Å². The molecule has 0 spiro atoms. The van der Waals surface area contributed by atoms with Crippen LogP contribution in [-0.2, 0) is 0 Å². The van der Waals surface area contributed by atoms with Crippen molar-refractivity contribution < 1.29 is 14.3 Å². The van der Waals surface area contributed by atoms with Crippen LogP contribution in [0.4, 0.5) is 0 Å². The summed E-state index contributed by atoms with van der Waals surface area (Å²) in [4.78, 5) is 25.2. The van der Waals surface area contributed by atoms with Gasteiger partial charge in [0.15, 0.2) is 5.75 Å². The maximum Gasteiger partial charge on any atom is 0.270 e. The molecule has 7 nitrogen and oxygen atoms in total. The first-order chi connectivity index (χ1) is 13.8. The van der Waals surface area contributed by atoms with Crippen LogP contribution < -0.4 is 14.8 Å². The summed E-state index contributed by atoms with van der Waals surface area (Å²) in [7, 11) is 0. The number of rotatable bonds is 3. The number of hydrogen-bond donors (Lipinski definition) is 2. The van der Waals surface area contributed by atoms with Gasteiger partial charge in [-0.15, -0.1) is 0 Å². The van der Waals surface area contributed by atoms with E-state index in [1.54, 1.807) is 12.1 Å². The molecule has 0 radical (unpaired) electrons. The maximum absolute atomic E-state index is 12.7. The zero-order valence-electron chi connectivity index (χ0n) is 15.5. The van der Waals surface area contributed by atoms with Crippen LogP contribution in [-0.4, -0.2) is 40.1 Å². The van der Waals surface area contributed by atoms with Gasteiger partial charge in [0.2, 0.25) is 0 Å². The van der Waals surface area contributed by atoms with Crippen molar-refractivity contribution in [2.24, 2.45) is 0 Å². The van der Waals surface area contributed by atoms with Gasteiger partial charge in [-0.25, -0.2) is 9.97 Å². The quantitative estimate of drug-likeness (QED) is 0.731. The van der Waals surface area contributed by atoms with Gasteiger partial charge in [-0.1, -0.05) is 18.6 Å². The summed E-state index contributed by atoms with van der Waals surface area (Å²) in [6.45, 7) is 0.957. The molecule has 1 saturated carbocycles. The Bertz CT molecular complexity index is 983. The molecule has 0 bridgehead atoms. The Kier molecular flexibility index (Phi) is 4.35. The molecule has 2 aliphatic rings. The molecule has 3 heterocycles. The second-order valence-corrected chi connectivity index (χ2v) is 7.37. The molecule has 3 aromatic rings. The average molecular weight is 378 g/mol. The zero-order chi connectivity index (χ0) is 18.9. The molecule has 7 heteroatoms. The maximum atomic E-state index is 12.7. The number of fused-ring (bicyclic) bond motifs is 2. The van der Waals surface area contributed by atoms with Crippen molar-refractivity contribution in [3.05, 3.63) is 47.9 Å². The highest BCUT2D eigenvalue weighted by Gasteiger charge is 2.27. The first-order valence-electron chi connectivity index (χ1n) is 9.78. The lowest BCUT2D eigenvalue weighted by atomic mass is 9.85. The Hall–Kier alpha value is -3.09. The predicted molar refractivity (Wildman–Crippen MR) is 104 cm³/mol. The van der Waals surface area contributed by atoms with Crippen molar-refractivity contribution in [1.29, 1.82) is 0 Å². The van der Waals surface area contributed by atoms with E-state index in [9.17, 15) is 4.79 Å². The molecule has 1 aliphatic heterocycles. The topological polar surface area (TPSA) is 89.1 Å². The highest BCUT2D eigenvalue weighted by Crippen LogP contribution is 2.33. The highest BCUT2D eigenvalue weighted by atomic mass is 16.6. The Morgan fingerprint density at radius 3 is 2.89 bits per heavy atom. The molecule has 28 heavy (non-hydrogen) atoms. The Labute approximate surface area is 162 Å². The van der Waals surface area contributed by atoms with E-state index in [0.717, 1.165) is 42.5 Å². The number of benzene rings is 1. The van der Waals surface area contributed by atoms with Crippen molar-refractivity contribution in [2.75, 3.05) is 13.2 Å². The van der Waals surface area contributed by atoms with Gasteiger partial charge in [-0.05, 0) is 43.5 Å². The zero-order valence-corrected chi connectivity index (χ0v) is 15.5. The van der Waals surface area contributed by atoms with E-state index in [0.29, 0.717) is 36.5 Å². The van der Waals surface area contributed by atoms with Gasteiger partial charge in [-0.2, -0.15) is 0 Å². The number of nitrogens with zero attached hydrogens (tertiary/aromatic N) is 2. The van der Waals surface area contributed by atoms with Crippen LogP contribution in [0.2, 0.25) is 0 Å². The van der Waals surface area contributed by atoms with Gasteiger partial charge in [0, 0.05) is 12.0 Å². The lowest BCUT2D eigenvalue weighted by molar-refractivity contribution is 0.0916. The molecule has 0 saturated heterocycles. The lowest BCUT2D eigenvalue weighted by Gasteiger charge is -2.28. The fourth-order valence-electron chi connectivity index (χ4n) is 4.05. The smallest absolute Gasteiger partial charge is 0.270 e. The summed E-state index contributed by atoms with van der Waals surface area (Å²) in [5, 5.41) is 3.14. The largest absolute Gasteiger partial charge is 0.484 e. The van der Waals surface area contributed by atoms with E-state index in [4.69, 9.17) is 14.5 Å². The van der Waals surface area contributed by atoms with Crippen LogP contribution in [0, 0.1) is 0 Å². The number of aromatic amines is 1. The number of nitrogens with one attached hydrogen (secondary N) is 2. The molecule has 2 aromatic heterocycles. The fourth-order valence-corrected chi connectivity index (χ4v) is 4.05. The number of carbonyl (C=O) groups is 1. The third kappa shape index (κ3) is 3.28. The van der Waals surface area contributed by atoms with Crippen LogP contribution in [0.5, 0.6) is 11.6 Å². The van der Waals surface area contributed by atoms with E-state index in [2.05, 4.69) is 15.3 Å². The van der Waals surface area contributed by atoms with E-state index < -0.39 is 0 Å². The van der Waals surface area contributed by atoms with Crippen LogP contribution in [0.1, 0.15) is 47.9 Å². The minimum Gasteiger partial charge on any atom is -0.484 e. The van der Waals surface area contributed by atoms with E-state index in [1.165, 1.54) is 0 Å². The third-order valence-corrected chi connectivity index (χ3v) is 5.44. The van der Waals surface area contributed by atoms with Gasteiger partial charge in [-0.3, -0.25) is 4.79 Å². The second-order valence-electron chi connectivity index (χ2n) is 7.37. The van der Waals surface area contributed by atoms with Gasteiger partial charge in [0.05, 0.1) is 11.0 Å². The average Bonchev–Trinajstić information content (AvgIpc) is 3.18. The van der Waals surface area contributed by atoms with Gasteiger partial charge < -0.3 is 19.8 Å². The summed E-state index contributed by atoms with van der Waals surface area (Å²) in [6.07, 6.45) is 3.97. The van der Waals surface area contributed by atoms with E-state index in [-0.39, 0.29) is 11.9 Å². The van der Waals surface area contributed by atoms with Gasteiger partial charge in [0.1, 0.15) is 24.7 Å². The fraction of sp³-hybridized carbons (Fsp3) is 0.381. The summed E-state index contributed by atoms with van der Waals surface area (Å²) in [5.41, 5.74) is 2.41. The van der Waals surface area contributed by atoms with Gasteiger partial charge in [0.25, 0.3) is 11.8 Å². The molecule has 2 N–H and O–H groups in total. The first-order valence-corrected chi connectivity index (χ1v) is 9.78. The molecule has 1 amide bonds. The van der Waals surface area contributed by atoms with Crippen molar-refractivity contribution in [2.45, 2.75) is 37.6 Å². The van der Waals surface area contributed by atoms with Crippen molar-refractivity contribution in [3.63, 3.8) is 0 Å². The molecule has 1 aromatic carbocycles. The summed E-state index contributed by atoms with van der Waals surface area (Å²) >= 11 is 0. The van der Waals surface area contributed by atoms with E-state index in [1.807, 2.05) is 24.3 Å². The minimum atomic E-state index is -0.174. The number of hydrogen-bond acceptors (Lipinski definition) is 5. The highest BCUT2D eigenvalue weighted by molar-refractivity contribution is 5.92. The lowest BCUT2D eigenvalue weighted by Crippen LogP contribution is -2.38. The summed E-state index contributed by atoms with van der Waals surface area (Å²) in [6, 6.07) is 11.6. The number of H-pyrrole nitrogens is 1. The summed E-state index contributed by atoms with van der Waals surface area (Å²) in [5.74, 6) is 2.14. The number of para-hydroxylation sites is 2. The molecule has 144 valence electrons. The van der Waals surface area contributed by atoms with Crippen LogP contribution >= 0.6 is 0 Å². The Morgan fingerprint density at radius 2 is 1.96 bits per heavy atom. The SMILES string of the molecule is O=C(NC1CCCC(c2nc3ccccc3[nH]2)C1)c1ccc2c(n1)OCCO2. The molecular weight excluding hydrogens is 356 g/mol. The molecule has 2 atom stereocenters. The number of aromatic nitrogens is 3. The van der Waals surface area contributed by atoms with Crippen molar-refractivity contribution in [1.82, 2.24) is 20.3 Å². The molecule has 1 fully saturated rings. The predicted octanol–water partition coefficient (Wildman–Crippen LogP) is 3.19. The minimum absolute atomic E-state index is 0.106. The normalized spacial score (nSPS) is 21.4. The number of ether oxygens (including phenoxy) is 2. The first kappa shape index (κ1) is 17.0. The molecule has 5 rings (SSSR count). The van der Waals surface area contributed by atoms with Crippen molar-refractivity contribution in [3.8, 4) is 11.6 Å². The number of amides is 1. The number of pyridine rings is 1. The third-order valence-electron chi connectivity index (χ3n) is 5.44. The van der Waals surface area contributed by atoms with Crippen LogP contribution in [0.25, 0.3) is 11.0 Å². The molecule has 2 unspecified atom stereocenters. The van der Waals surface area contributed by atoms with Gasteiger partial charge >= 0.3 is 0 Å². The Morgan fingerprint density at radius 1 is 1.07 bits per heavy atom. The Balaban J connectivity index is 1.28. The number of carbonyl (C=O) groups excluding carboxylic acids is 1. The second kappa shape index (κ2) is 7.14. The number of imidazole rings is 1. The summed E-state index contributed by atoms with van der Waals surface area (Å²) < 4.78 is 10.9. The standard InChI is InChI=1S/C21H22N4O3/c26-20(17-8-9-18-21(25-17)28-11-10-27-18)22-14-5-3-4-13(12-14)19-23-15-6-1-2-7-16(15)24-19/h1-2,6-9,13-14H,3-5,10-12H2,(H,22,26)(H,23,24). The molecular formula is C21H22N4O3. The molecule has 1 aliphatic carbocycles. The van der Waals surface area contributed by atoms with Crippen LogP contribution in [0.15, 0.2) is 36.4 Å². The van der Waals surface area contributed by atoms with Crippen LogP contribution in [0.3, 0.4) is 0 Å².